The zero-order valence-electron chi connectivity index (χ0n) is 17.5. The zero-order valence-corrected chi connectivity index (χ0v) is 17.5. The van der Waals surface area contributed by atoms with Crippen LogP contribution in [0.25, 0.3) is 0 Å². The van der Waals surface area contributed by atoms with Crippen LogP contribution in [0.4, 0.5) is 4.79 Å². The molecule has 0 bridgehead atoms. The van der Waals surface area contributed by atoms with Gasteiger partial charge in [0, 0.05) is 6.54 Å². The Morgan fingerprint density at radius 2 is 1.27 bits per heavy atom. The molecular weight excluding hydrogens is 438 g/mol. The number of hydrogen-bond acceptors (Lipinski definition) is 10. The number of carbonyl (C=O) groups excluding carboxylic acids is 5. The zero-order chi connectivity index (χ0) is 24.8. The molecule has 0 radical (unpaired) electrons. The van der Waals surface area contributed by atoms with Crippen molar-refractivity contribution in [1.29, 1.82) is 0 Å². The summed E-state index contributed by atoms with van der Waals surface area (Å²) < 4.78 is 0. The lowest BCUT2D eigenvalue weighted by Crippen LogP contribution is -2.86. The van der Waals surface area contributed by atoms with Gasteiger partial charge in [0.15, 0.2) is 5.41 Å². The van der Waals surface area contributed by atoms with E-state index in [2.05, 4.69) is 0 Å². The van der Waals surface area contributed by atoms with Crippen LogP contribution in [0.2, 0.25) is 0 Å². The Morgan fingerprint density at radius 1 is 0.788 bits per heavy atom. The maximum Gasteiger partial charge on any atom is 0.332 e. The Kier molecular flexibility index (Phi) is 7.85. The van der Waals surface area contributed by atoms with Gasteiger partial charge in [-0.2, -0.15) is 0 Å². The van der Waals surface area contributed by atoms with E-state index in [1.54, 1.807) is 46.6 Å². The van der Waals surface area contributed by atoms with Crippen LogP contribution in [0.3, 0.4) is 0 Å². The third-order valence-corrected chi connectivity index (χ3v) is 5.88. The third-order valence-electron chi connectivity index (χ3n) is 5.88. The fraction of sp³-hybridized carbons (Fsp3) is 0.353. The second kappa shape index (κ2) is 10.2. The summed E-state index contributed by atoms with van der Waals surface area (Å²) in [7, 11) is 0. The number of rotatable bonds is 6. The lowest BCUT2D eigenvalue weighted by atomic mass is 9.54. The summed E-state index contributed by atoms with van der Waals surface area (Å²) in [4.78, 5) is 66.8. The van der Waals surface area contributed by atoms with Gasteiger partial charge in [-0.25, -0.2) is 34.0 Å². The molecule has 1 aromatic rings. The van der Waals surface area contributed by atoms with E-state index in [9.17, 15) is 24.0 Å². The highest BCUT2D eigenvalue weighted by atomic mass is 16.2. The topological polar surface area (TPSA) is 279 Å². The first kappa shape index (κ1) is 25.4. The summed E-state index contributed by atoms with van der Waals surface area (Å²) in [6.07, 6.45) is -0.0577. The van der Waals surface area contributed by atoms with Crippen molar-refractivity contribution in [2.24, 2.45) is 40.5 Å². The van der Waals surface area contributed by atoms with Crippen LogP contribution in [0, 0.1) is 11.3 Å². The summed E-state index contributed by atoms with van der Waals surface area (Å²) in [5, 5.41) is 0. The van der Waals surface area contributed by atoms with Gasteiger partial charge in [-0.05, 0) is 24.3 Å². The highest BCUT2D eigenvalue weighted by Gasteiger charge is 2.77. The fourth-order valence-electron chi connectivity index (χ4n) is 4.61. The minimum atomic E-state index is -3.00. The van der Waals surface area contributed by atoms with Gasteiger partial charge in [0.05, 0.1) is 0 Å². The van der Waals surface area contributed by atoms with Gasteiger partial charge in [-0.15, -0.1) is 0 Å². The van der Waals surface area contributed by atoms with Crippen LogP contribution in [0.15, 0.2) is 30.3 Å². The molecule has 1 saturated heterocycles. The molecule has 0 saturated carbocycles. The highest BCUT2D eigenvalue weighted by Crippen LogP contribution is 2.50. The molecule has 0 spiro atoms. The number of nitrogens with two attached hydrogens (primary N) is 5. The van der Waals surface area contributed by atoms with Crippen molar-refractivity contribution in [3.8, 4) is 0 Å². The SMILES string of the molecule is NNC(=O)N1CCC(Cc2ccccc2)C(C(=O)NN)(C(=O)NN)C1(C(=O)NN)C(=O)NN. The summed E-state index contributed by atoms with van der Waals surface area (Å²) >= 11 is 0. The van der Waals surface area contributed by atoms with E-state index in [4.69, 9.17) is 29.2 Å². The molecule has 1 heterocycles. The third kappa shape index (κ3) is 3.70. The maximum absolute atomic E-state index is 13.4. The van der Waals surface area contributed by atoms with Gasteiger partial charge in [-0.3, -0.25) is 51.2 Å². The second-order valence-corrected chi connectivity index (χ2v) is 7.19. The van der Waals surface area contributed by atoms with E-state index in [0.29, 0.717) is 10.5 Å². The smallest absolute Gasteiger partial charge is 0.299 e. The maximum atomic E-state index is 13.4. The van der Waals surface area contributed by atoms with Crippen LogP contribution in [-0.4, -0.2) is 46.6 Å². The second-order valence-electron chi connectivity index (χ2n) is 7.19. The first-order chi connectivity index (χ1) is 15.7. The molecule has 33 heavy (non-hydrogen) atoms. The van der Waals surface area contributed by atoms with Crippen molar-refractivity contribution in [3.05, 3.63) is 35.9 Å². The molecule has 6 amide bonds. The van der Waals surface area contributed by atoms with Gasteiger partial charge in [0.1, 0.15) is 0 Å². The van der Waals surface area contributed by atoms with Gasteiger partial charge in [0.2, 0.25) is 5.54 Å². The molecule has 1 atom stereocenters. The molecule has 16 nitrogen and oxygen atoms in total. The predicted molar refractivity (Wildman–Crippen MR) is 112 cm³/mol. The van der Waals surface area contributed by atoms with Crippen LogP contribution in [0.1, 0.15) is 12.0 Å². The molecule has 16 heteroatoms. The summed E-state index contributed by atoms with van der Waals surface area (Å²) in [6, 6.07) is 7.41. The molecule has 1 aliphatic heterocycles. The van der Waals surface area contributed by atoms with Crippen molar-refractivity contribution in [3.63, 3.8) is 0 Å². The monoisotopic (exact) mass is 465 g/mol. The Balaban J connectivity index is 3.01. The van der Waals surface area contributed by atoms with Gasteiger partial charge >= 0.3 is 6.03 Å². The molecule has 1 aromatic carbocycles. The predicted octanol–water partition coefficient (Wildman–Crippen LogP) is -5.18. The van der Waals surface area contributed by atoms with Crippen molar-refractivity contribution < 1.29 is 24.0 Å². The molecule has 1 aliphatic rings. The molecule has 0 aromatic heterocycles. The fourth-order valence-corrected chi connectivity index (χ4v) is 4.61. The normalized spacial score (nSPS) is 18.5. The minimum Gasteiger partial charge on any atom is -0.299 e. The summed E-state index contributed by atoms with van der Waals surface area (Å²) in [5.41, 5.74) is 3.78. The summed E-state index contributed by atoms with van der Waals surface area (Å²) in [6.45, 7) is -0.307. The number of likely N-dealkylation sites (tertiary alicyclic amines) is 1. The molecule has 180 valence electrons. The highest BCUT2D eigenvalue weighted by molar-refractivity contribution is 6.23. The standard InChI is InChI=1S/C17H27N11O5/c18-23-11(29)16(12(30)24-19)10(8-9-4-2-1-3-5-9)6-7-28(15(33)27-22)17(16,13(31)25-20)14(32)26-21/h1-5,10H,6-8,18-22H2,(H,23,29)(H,24,30)(H,25,31)(H,26,32)(H,27,33). The minimum absolute atomic E-state index is 0.00276. The van der Waals surface area contributed by atoms with E-state index >= 15 is 0 Å². The van der Waals surface area contributed by atoms with Gasteiger partial charge in [0.25, 0.3) is 23.6 Å². The lowest BCUT2D eigenvalue weighted by molar-refractivity contribution is -0.181. The van der Waals surface area contributed by atoms with Crippen molar-refractivity contribution in [2.45, 2.75) is 18.4 Å². The largest absolute Gasteiger partial charge is 0.332 e. The Bertz CT molecular complexity index is 893. The van der Waals surface area contributed by atoms with Crippen LogP contribution < -0.4 is 56.3 Å². The van der Waals surface area contributed by atoms with Gasteiger partial charge < -0.3 is 0 Å². The molecule has 2 rings (SSSR count). The molecule has 0 aliphatic carbocycles. The quantitative estimate of drug-likeness (QED) is 0.0824. The molecular formula is C17H27N11O5. The number of hydrogen-bond donors (Lipinski definition) is 10. The first-order valence-electron chi connectivity index (χ1n) is 9.60. The Labute approximate surface area is 187 Å². The van der Waals surface area contributed by atoms with Crippen molar-refractivity contribution >= 4 is 29.7 Å². The number of hydrazine groups is 5. The van der Waals surface area contributed by atoms with E-state index < -0.39 is 46.5 Å². The molecule has 1 unspecified atom stereocenters. The van der Waals surface area contributed by atoms with Crippen LogP contribution >= 0.6 is 0 Å². The van der Waals surface area contributed by atoms with E-state index in [1.165, 1.54) is 0 Å². The average Bonchev–Trinajstić information content (AvgIpc) is 2.86. The number of amides is 6. The number of nitrogens with one attached hydrogen (secondary N) is 5. The van der Waals surface area contributed by atoms with Crippen LogP contribution in [-0.2, 0) is 25.6 Å². The first-order valence-corrected chi connectivity index (χ1v) is 9.60. The van der Waals surface area contributed by atoms with Crippen LogP contribution in [0.5, 0.6) is 0 Å². The lowest BCUT2D eigenvalue weighted by Gasteiger charge is -2.56. The van der Waals surface area contributed by atoms with Gasteiger partial charge in [-0.1, -0.05) is 30.3 Å². The Morgan fingerprint density at radius 3 is 1.70 bits per heavy atom. The number of benzene rings is 1. The van der Waals surface area contributed by atoms with E-state index in [1.807, 2.05) is 10.9 Å². The van der Waals surface area contributed by atoms with E-state index in [-0.39, 0.29) is 19.4 Å². The Hall–Kier alpha value is -3.83. The van der Waals surface area contributed by atoms with E-state index in [0.717, 1.165) is 0 Å². The van der Waals surface area contributed by atoms with Crippen molar-refractivity contribution in [1.82, 2.24) is 32.0 Å². The average molecular weight is 465 g/mol. The molecule has 1 fully saturated rings. The summed E-state index contributed by atoms with van der Waals surface area (Å²) in [5.74, 6) is 20.2. The number of nitrogens with zero attached hydrogens (tertiary/aromatic N) is 1. The number of piperidine rings is 1. The molecule has 15 N–H and O–H groups in total. The van der Waals surface area contributed by atoms with Crippen molar-refractivity contribution in [2.75, 3.05) is 6.54 Å². The number of urea groups is 1. The number of carbonyl (C=O) groups is 5.